The number of nitrogens with one attached hydrogen (secondary N) is 2. The van der Waals surface area contributed by atoms with Gasteiger partial charge in [0.1, 0.15) is 0 Å². The number of halogens is 1. The van der Waals surface area contributed by atoms with Crippen LogP contribution >= 0.6 is 11.6 Å². The molecule has 0 unspecified atom stereocenters. The van der Waals surface area contributed by atoms with E-state index in [1.54, 1.807) is 12.1 Å². The van der Waals surface area contributed by atoms with Crippen molar-refractivity contribution in [1.82, 2.24) is 9.97 Å². The normalized spacial score (nSPS) is 10.7. The zero-order chi connectivity index (χ0) is 20.8. The Labute approximate surface area is 170 Å². The third kappa shape index (κ3) is 5.19. The van der Waals surface area contributed by atoms with Crippen molar-refractivity contribution in [1.29, 1.82) is 0 Å². The van der Waals surface area contributed by atoms with Crippen LogP contribution in [0.3, 0.4) is 0 Å². The van der Waals surface area contributed by atoms with E-state index in [-0.39, 0.29) is 22.5 Å². The fraction of sp³-hybridized carbons (Fsp3) is 0.400. The number of carbonyl (C=O) groups is 2. The summed E-state index contributed by atoms with van der Waals surface area (Å²) < 4.78 is 0. The van der Waals surface area contributed by atoms with E-state index in [0.29, 0.717) is 17.3 Å². The van der Waals surface area contributed by atoms with Crippen LogP contribution < -0.4 is 15.5 Å². The third-order valence-corrected chi connectivity index (χ3v) is 4.55. The molecule has 7 nitrogen and oxygen atoms in total. The van der Waals surface area contributed by atoms with Crippen LogP contribution in [0.2, 0.25) is 5.02 Å². The standard InChI is InChI=1S/C20H26ClN5O2/c1-6-26(7-2)20-22-11-15(21)17(25-20)19(28)24-16-10-14(9-8-13(16)5)23-18(27)12(3)4/h8-12H,6-7H2,1-5H3,(H,23,27)(H,24,28). The lowest BCUT2D eigenvalue weighted by Crippen LogP contribution is -2.26. The van der Waals surface area contributed by atoms with Crippen molar-refractivity contribution in [3.05, 3.63) is 40.7 Å². The molecule has 1 heterocycles. The largest absolute Gasteiger partial charge is 0.341 e. The number of aromatic nitrogens is 2. The van der Waals surface area contributed by atoms with Gasteiger partial charge in [-0.25, -0.2) is 9.97 Å². The number of benzene rings is 1. The number of hydrogen-bond donors (Lipinski definition) is 2. The maximum absolute atomic E-state index is 12.8. The Morgan fingerprint density at radius 3 is 2.46 bits per heavy atom. The number of hydrogen-bond acceptors (Lipinski definition) is 5. The molecule has 0 saturated carbocycles. The molecule has 0 fully saturated rings. The second-order valence-corrected chi connectivity index (χ2v) is 7.07. The summed E-state index contributed by atoms with van der Waals surface area (Å²) in [6.45, 7) is 10.9. The summed E-state index contributed by atoms with van der Waals surface area (Å²) in [5, 5.41) is 5.83. The minimum atomic E-state index is -0.434. The summed E-state index contributed by atoms with van der Waals surface area (Å²) in [5.74, 6) is -0.216. The lowest BCUT2D eigenvalue weighted by atomic mass is 10.1. The highest BCUT2D eigenvalue weighted by atomic mass is 35.5. The Hall–Kier alpha value is -2.67. The van der Waals surface area contributed by atoms with Crippen molar-refractivity contribution in [2.75, 3.05) is 28.6 Å². The van der Waals surface area contributed by atoms with E-state index in [9.17, 15) is 9.59 Å². The summed E-state index contributed by atoms with van der Waals surface area (Å²) in [6.07, 6.45) is 1.43. The number of aryl methyl sites for hydroxylation is 1. The van der Waals surface area contributed by atoms with Gasteiger partial charge < -0.3 is 15.5 Å². The molecule has 0 saturated heterocycles. The molecule has 0 radical (unpaired) electrons. The van der Waals surface area contributed by atoms with Crippen molar-refractivity contribution < 1.29 is 9.59 Å². The van der Waals surface area contributed by atoms with Gasteiger partial charge in [0.05, 0.1) is 11.2 Å². The Kier molecular flexibility index (Phi) is 7.34. The van der Waals surface area contributed by atoms with Gasteiger partial charge in [0.2, 0.25) is 11.9 Å². The molecule has 2 rings (SSSR count). The van der Waals surface area contributed by atoms with E-state index < -0.39 is 5.91 Å². The molecule has 1 aromatic heterocycles. The van der Waals surface area contributed by atoms with E-state index >= 15 is 0 Å². The van der Waals surface area contributed by atoms with Gasteiger partial charge in [0.15, 0.2) is 5.69 Å². The summed E-state index contributed by atoms with van der Waals surface area (Å²) in [5.41, 5.74) is 2.14. The summed E-state index contributed by atoms with van der Waals surface area (Å²) in [6, 6.07) is 5.34. The van der Waals surface area contributed by atoms with Gasteiger partial charge in [-0.1, -0.05) is 31.5 Å². The average Bonchev–Trinajstić information content (AvgIpc) is 2.66. The smallest absolute Gasteiger partial charge is 0.276 e. The highest BCUT2D eigenvalue weighted by molar-refractivity contribution is 6.34. The van der Waals surface area contributed by atoms with Gasteiger partial charge in [-0.05, 0) is 38.5 Å². The van der Waals surface area contributed by atoms with Gasteiger partial charge >= 0.3 is 0 Å². The fourth-order valence-electron chi connectivity index (χ4n) is 2.48. The predicted molar refractivity (Wildman–Crippen MR) is 113 cm³/mol. The molecular weight excluding hydrogens is 378 g/mol. The molecule has 0 atom stereocenters. The van der Waals surface area contributed by atoms with E-state index in [1.165, 1.54) is 6.20 Å². The molecule has 0 aliphatic rings. The number of carbonyl (C=O) groups excluding carboxylic acids is 2. The molecule has 0 spiro atoms. The Bertz CT molecular complexity index is 866. The fourth-order valence-corrected chi connectivity index (χ4v) is 2.66. The highest BCUT2D eigenvalue weighted by Gasteiger charge is 2.18. The summed E-state index contributed by atoms with van der Waals surface area (Å²) in [4.78, 5) is 35.2. The van der Waals surface area contributed by atoms with Crippen molar-refractivity contribution in [2.24, 2.45) is 5.92 Å². The first-order valence-electron chi connectivity index (χ1n) is 9.27. The first-order chi connectivity index (χ1) is 13.3. The average molecular weight is 404 g/mol. The molecule has 2 aromatic rings. The van der Waals surface area contributed by atoms with Crippen LogP contribution in [0, 0.1) is 12.8 Å². The lowest BCUT2D eigenvalue weighted by molar-refractivity contribution is -0.118. The van der Waals surface area contributed by atoms with Crippen LogP contribution in [-0.2, 0) is 4.79 Å². The first kappa shape index (κ1) is 21.6. The Morgan fingerprint density at radius 1 is 1.18 bits per heavy atom. The second kappa shape index (κ2) is 9.50. The Morgan fingerprint density at radius 2 is 1.86 bits per heavy atom. The zero-order valence-corrected chi connectivity index (χ0v) is 17.6. The van der Waals surface area contributed by atoms with Crippen molar-refractivity contribution >= 4 is 40.7 Å². The van der Waals surface area contributed by atoms with Crippen LogP contribution in [0.4, 0.5) is 17.3 Å². The molecule has 0 aliphatic carbocycles. The molecule has 2 amide bonds. The molecule has 0 aliphatic heterocycles. The minimum absolute atomic E-state index is 0.0937. The molecule has 8 heteroatoms. The lowest BCUT2D eigenvalue weighted by Gasteiger charge is -2.19. The number of nitrogens with zero attached hydrogens (tertiary/aromatic N) is 3. The summed E-state index contributed by atoms with van der Waals surface area (Å²) in [7, 11) is 0. The molecule has 28 heavy (non-hydrogen) atoms. The van der Waals surface area contributed by atoms with E-state index in [2.05, 4.69) is 20.6 Å². The minimum Gasteiger partial charge on any atom is -0.341 e. The monoisotopic (exact) mass is 403 g/mol. The highest BCUT2D eigenvalue weighted by Crippen LogP contribution is 2.23. The van der Waals surface area contributed by atoms with E-state index in [4.69, 9.17) is 11.6 Å². The van der Waals surface area contributed by atoms with Crippen LogP contribution in [0.5, 0.6) is 0 Å². The van der Waals surface area contributed by atoms with Gasteiger partial charge in [-0.2, -0.15) is 0 Å². The number of amides is 2. The van der Waals surface area contributed by atoms with Crippen molar-refractivity contribution in [2.45, 2.75) is 34.6 Å². The molecule has 1 aromatic carbocycles. The molecule has 150 valence electrons. The summed E-state index contributed by atoms with van der Waals surface area (Å²) >= 11 is 6.16. The second-order valence-electron chi connectivity index (χ2n) is 6.67. The maximum Gasteiger partial charge on any atom is 0.276 e. The maximum atomic E-state index is 12.8. The molecule has 2 N–H and O–H groups in total. The van der Waals surface area contributed by atoms with Crippen LogP contribution in [0.15, 0.2) is 24.4 Å². The van der Waals surface area contributed by atoms with Gasteiger partial charge in [0, 0.05) is 30.4 Å². The first-order valence-corrected chi connectivity index (χ1v) is 9.64. The van der Waals surface area contributed by atoms with Gasteiger partial charge in [-0.15, -0.1) is 0 Å². The topological polar surface area (TPSA) is 87.2 Å². The third-order valence-electron chi connectivity index (χ3n) is 4.27. The quantitative estimate of drug-likeness (QED) is 0.725. The molecule has 0 bridgehead atoms. The zero-order valence-electron chi connectivity index (χ0n) is 16.8. The molecular formula is C20H26ClN5O2. The van der Waals surface area contributed by atoms with Crippen LogP contribution in [0.25, 0.3) is 0 Å². The van der Waals surface area contributed by atoms with Crippen LogP contribution in [-0.4, -0.2) is 34.9 Å². The van der Waals surface area contributed by atoms with Gasteiger partial charge in [-0.3, -0.25) is 9.59 Å². The van der Waals surface area contributed by atoms with Crippen molar-refractivity contribution in [3.63, 3.8) is 0 Å². The van der Waals surface area contributed by atoms with Crippen molar-refractivity contribution in [3.8, 4) is 0 Å². The number of rotatable bonds is 7. The van der Waals surface area contributed by atoms with E-state index in [1.807, 2.05) is 45.6 Å². The van der Waals surface area contributed by atoms with Gasteiger partial charge in [0.25, 0.3) is 5.91 Å². The van der Waals surface area contributed by atoms with Crippen LogP contribution in [0.1, 0.15) is 43.7 Å². The SMILES string of the molecule is CCN(CC)c1ncc(Cl)c(C(=O)Nc2cc(NC(=O)C(C)C)ccc2C)n1. The number of anilines is 3. The Balaban J connectivity index is 2.27. The predicted octanol–water partition coefficient (Wildman–Crippen LogP) is 4.13. The van der Waals surface area contributed by atoms with E-state index in [0.717, 1.165) is 18.7 Å².